The van der Waals surface area contributed by atoms with Crippen LogP contribution in [-0.4, -0.2) is 32.2 Å². The summed E-state index contributed by atoms with van der Waals surface area (Å²) < 4.78 is 36.4. The van der Waals surface area contributed by atoms with E-state index in [0.717, 1.165) is 12.4 Å². The fourth-order valence-corrected chi connectivity index (χ4v) is 1.35. The molecule has 0 saturated heterocycles. The third-order valence-electron chi connectivity index (χ3n) is 2.04. The van der Waals surface area contributed by atoms with Crippen molar-refractivity contribution < 1.29 is 23.4 Å². The highest BCUT2D eigenvalue weighted by Gasteiger charge is 2.34. The number of hydrogen-bond donors (Lipinski definition) is 2. The summed E-state index contributed by atoms with van der Waals surface area (Å²) >= 11 is 5.36. The molecular formula is C9H10ClF3N2O2. The van der Waals surface area contributed by atoms with E-state index in [1.807, 2.05) is 0 Å². The van der Waals surface area contributed by atoms with Crippen molar-refractivity contribution in [3.63, 3.8) is 0 Å². The Balaban J connectivity index is 2.80. The molecule has 0 saturated carbocycles. The van der Waals surface area contributed by atoms with Gasteiger partial charge in [0.1, 0.15) is 6.10 Å². The van der Waals surface area contributed by atoms with E-state index in [0.29, 0.717) is 0 Å². The second kappa shape index (κ2) is 5.61. The quantitative estimate of drug-likeness (QED) is 0.814. The van der Waals surface area contributed by atoms with Gasteiger partial charge in [-0.1, -0.05) is 0 Å². The Morgan fingerprint density at radius 3 is 2.18 bits per heavy atom. The lowest BCUT2D eigenvalue weighted by Gasteiger charge is -2.16. The van der Waals surface area contributed by atoms with Gasteiger partial charge in [-0.15, -0.1) is 11.6 Å². The molecule has 0 aliphatic rings. The van der Waals surface area contributed by atoms with E-state index < -0.39 is 24.2 Å². The molecule has 1 rings (SSSR count). The van der Waals surface area contributed by atoms with Crippen LogP contribution in [0.4, 0.5) is 13.2 Å². The molecule has 0 bridgehead atoms. The van der Waals surface area contributed by atoms with Gasteiger partial charge in [0.15, 0.2) is 0 Å². The molecule has 0 amide bonds. The zero-order chi connectivity index (χ0) is 13.1. The van der Waals surface area contributed by atoms with Gasteiger partial charge in [-0.2, -0.15) is 13.2 Å². The van der Waals surface area contributed by atoms with Gasteiger partial charge in [-0.05, 0) is 6.42 Å². The molecule has 1 aromatic heterocycles. The molecule has 2 unspecified atom stereocenters. The molecule has 17 heavy (non-hydrogen) atoms. The third-order valence-corrected chi connectivity index (χ3v) is 2.25. The van der Waals surface area contributed by atoms with Gasteiger partial charge < -0.3 is 10.2 Å². The fraction of sp³-hybridized carbons (Fsp3) is 0.556. The highest BCUT2D eigenvalue weighted by atomic mass is 35.5. The van der Waals surface area contributed by atoms with Crippen molar-refractivity contribution in [3.8, 4) is 0 Å². The lowest BCUT2D eigenvalue weighted by atomic mass is 10.1. The topological polar surface area (TPSA) is 66.2 Å². The molecule has 8 heteroatoms. The Morgan fingerprint density at radius 1 is 1.24 bits per heavy atom. The summed E-state index contributed by atoms with van der Waals surface area (Å²) in [5.41, 5.74) is 0.00983. The van der Waals surface area contributed by atoms with Gasteiger partial charge >= 0.3 is 6.18 Å². The Labute approximate surface area is 100 Å². The summed E-state index contributed by atoms with van der Waals surface area (Å²) in [6, 6.07) is 0. The SMILES string of the molecule is OC(CCCl)C(O)c1cnc(C(F)(F)F)nc1. The summed E-state index contributed by atoms with van der Waals surface area (Å²) in [7, 11) is 0. The van der Waals surface area contributed by atoms with E-state index in [1.165, 1.54) is 0 Å². The maximum absolute atomic E-state index is 12.1. The van der Waals surface area contributed by atoms with Gasteiger partial charge in [0.25, 0.3) is 0 Å². The van der Waals surface area contributed by atoms with Crippen molar-refractivity contribution in [1.82, 2.24) is 9.97 Å². The van der Waals surface area contributed by atoms with Gasteiger partial charge in [0.2, 0.25) is 5.82 Å². The highest BCUT2D eigenvalue weighted by Crippen LogP contribution is 2.26. The molecule has 2 N–H and O–H groups in total. The molecule has 1 heterocycles. The number of hydrogen-bond acceptors (Lipinski definition) is 4. The van der Waals surface area contributed by atoms with Crippen LogP contribution in [0.25, 0.3) is 0 Å². The van der Waals surface area contributed by atoms with Crippen LogP contribution in [0.15, 0.2) is 12.4 Å². The Bertz CT molecular complexity index is 358. The van der Waals surface area contributed by atoms with Crippen molar-refractivity contribution in [2.75, 3.05) is 5.88 Å². The standard InChI is InChI=1S/C9H10ClF3N2O2/c10-2-1-6(16)7(17)5-3-14-8(15-4-5)9(11,12)13/h3-4,6-7,16-17H,1-2H2. The summed E-state index contributed by atoms with van der Waals surface area (Å²) in [6.45, 7) is 0. The molecule has 1 aromatic rings. The van der Waals surface area contributed by atoms with E-state index in [-0.39, 0.29) is 17.9 Å². The predicted molar refractivity (Wildman–Crippen MR) is 53.3 cm³/mol. The van der Waals surface area contributed by atoms with Crippen molar-refractivity contribution in [1.29, 1.82) is 0 Å². The Hall–Kier alpha value is -0.920. The molecule has 0 aliphatic carbocycles. The van der Waals surface area contributed by atoms with Gasteiger partial charge in [0, 0.05) is 23.8 Å². The number of aliphatic hydroxyl groups is 2. The average molecular weight is 271 g/mol. The molecule has 0 aromatic carbocycles. The molecule has 2 atom stereocenters. The first kappa shape index (κ1) is 14.1. The van der Waals surface area contributed by atoms with Gasteiger partial charge in [-0.25, -0.2) is 9.97 Å². The van der Waals surface area contributed by atoms with Crippen LogP contribution in [0, 0.1) is 0 Å². The number of aliphatic hydroxyl groups excluding tert-OH is 2. The summed E-state index contributed by atoms with van der Waals surface area (Å²) in [5.74, 6) is -1.17. The normalized spacial score (nSPS) is 15.6. The lowest BCUT2D eigenvalue weighted by molar-refractivity contribution is -0.145. The minimum Gasteiger partial charge on any atom is -0.390 e. The Kier molecular flexibility index (Phi) is 4.67. The second-order valence-corrected chi connectivity index (χ2v) is 3.71. The van der Waals surface area contributed by atoms with Crippen LogP contribution in [0.1, 0.15) is 23.9 Å². The van der Waals surface area contributed by atoms with E-state index in [1.54, 1.807) is 0 Å². The van der Waals surface area contributed by atoms with Crippen LogP contribution in [0.3, 0.4) is 0 Å². The summed E-state index contributed by atoms with van der Waals surface area (Å²) in [4.78, 5) is 6.15. The maximum atomic E-state index is 12.1. The van der Waals surface area contributed by atoms with E-state index >= 15 is 0 Å². The molecule has 0 spiro atoms. The highest BCUT2D eigenvalue weighted by molar-refractivity contribution is 6.17. The molecule has 0 fully saturated rings. The van der Waals surface area contributed by atoms with Crippen molar-refractivity contribution in [2.24, 2.45) is 0 Å². The molecule has 4 nitrogen and oxygen atoms in total. The fourth-order valence-electron chi connectivity index (χ4n) is 1.13. The van der Waals surface area contributed by atoms with Gasteiger partial charge in [-0.3, -0.25) is 0 Å². The largest absolute Gasteiger partial charge is 0.451 e. The van der Waals surface area contributed by atoms with Crippen molar-refractivity contribution >= 4 is 11.6 Å². The zero-order valence-electron chi connectivity index (χ0n) is 8.52. The number of halogens is 4. The molecule has 0 radical (unpaired) electrons. The summed E-state index contributed by atoms with van der Waals surface area (Å²) in [6.07, 6.45) is -5.36. The Morgan fingerprint density at radius 2 is 1.76 bits per heavy atom. The van der Waals surface area contributed by atoms with Crippen molar-refractivity contribution in [2.45, 2.75) is 24.8 Å². The van der Waals surface area contributed by atoms with Gasteiger partial charge in [0.05, 0.1) is 6.10 Å². The second-order valence-electron chi connectivity index (χ2n) is 3.33. The first-order valence-electron chi connectivity index (χ1n) is 4.67. The first-order chi connectivity index (χ1) is 7.86. The minimum atomic E-state index is -4.63. The maximum Gasteiger partial charge on any atom is 0.451 e. The van der Waals surface area contributed by atoms with Crippen LogP contribution >= 0.6 is 11.6 Å². The summed E-state index contributed by atoms with van der Waals surface area (Å²) in [5, 5.41) is 18.9. The number of alkyl halides is 4. The van der Waals surface area contributed by atoms with E-state index in [9.17, 15) is 23.4 Å². The third kappa shape index (κ3) is 3.79. The van der Waals surface area contributed by atoms with E-state index in [4.69, 9.17) is 11.6 Å². The number of aromatic nitrogens is 2. The average Bonchev–Trinajstić information content (AvgIpc) is 2.27. The van der Waals surface area contributed by atoms with E-state index in [2.05, 4.69) is 9.97 Å². The minimum absolute atomic E-state index is 0.00983. The predicted octanol–water partition coefficient (Wildman–Crippen LogP) is 1.52. The monoisotopic (exact) mass is 270 g/mol. The van der Waals surface area contributed by atoms with Crippen LogP contribution in [0.2, 0.25) is 0 Å². The lowest BCUT2D eigenvalue weighted by Crippen LogP contribution is -2.20. The van der Waals surface area contributed by atoms with Crippen molar-refractivity contribution in [3.05, 3.63) is 23.8 Å². The number of nitrogens with zero attached hydrogens (tertiary/aromatic N) is 2. The number of rotatable bonds is 4. The zero-order valence-corrected chi connectivity index (χ0v) is 9.28. The molecule has 0 aliphatic heterocycles. The first-order valence-corrected chi connectivity index (χ1v) is 5.21. The molecular weight excluding hydrogens is 261 g/mol. The van der Waals surface area contributed by atoms with Crippen LogP contribution in [0.5, 0.6) is 0 Å². The smallest absolute Gasteiger partial charge is 0.390 e. The van der Waals surface area contributed by atoms with Crippen LogP contribution < -0.4 is 0 Å². The molecule has 96 valence electrons. The van der Waals surface area contributed by atoms with Crippen LogP contribution in [-0.2, 0) is 6.18 Å².